The first kappa shape index (κ1) is 14.7. The van der Waals surface area contributed by atoms with Gasteiger partial charge in [-0.2, -0.15) is 5.10 Å². The standard InChI is InChI=1S/C16H17N5O3/c1-10-8-13(19-24-10)17-14(22)9-20-6-7-21-15(16(20)23)11-4-2-3-5-12(11)18-21/h6-8H,2-5,9H2,1H3,(H,17,19,22). The first-order valence-corrected chi connectivity index (χ1v) is 7.94. The molecule has 8 nitrogen and oxygen atoms in total. The summed E-state index contributed by atoms with van der Waals surface area (Å²) in [6.45, 7) is 1.66. The molecular formula is C16H17N5O3. The second-order valence-electron chi connectivity index (χ2n) is 6.03. The maximum absolute atomic E-state index is 12.7. The molecule has 0 aliphatic heterocycles. The molecule has 3 heterocycles. The smallest absolute Gasteiger partial charge is 0.277 e. The lowest BCUT2D eigenvalue weighted by molar-refractivity contribution is -0.116. The van der Waals surface area contributed by atoms with Gasteiger partial charge in [0, 0.05) is 24.0 Å². The second kappa shape index (κ2) is 5.63. The van der Waals surface area contributed by atoms with Gasteiger partial charge in [0.15, 0.2) is 5.82 Å². The third kappa shape index (κ3) is 2.49. The Balaban J connectivity index is 1.63. The molecule has 0 fully saturated rings. The Labute approximate surface area is 137 Å². The van der Waals surface area contributed by atoms with Crippen LogP contribution in [0.2, 0.25) is 0 Å². The minimum atomic E-state index is -0.330. The maximum Gasteiger partial charge on any atom is 0.277 e. The molecule has 1 N–H and O–H groups in total. The molecule has 3 aromatic rings. The Hall–Kier alpha value is -2.90. The summed E-state index contributed by atoms with van der Waals surface area (Å²) in [7, 11) is 0. The van der Waals surface area contributed by atoms with Crippen molar-refractivity contribution >= 4 is 17.2 Å². The first-order valence-electron chi connectivity index (χ1n) is 7.94. The van der Waals surface area contributed by atoms with Crippen LogP contribution >= 0.6 is 0 Å². The van der Waals surface area contributed by atoms with Crippen molar-refractivity contribution in [2.24, 2.45) is 0 Å². The summed E-state index contributed by atoms with van der Waals surface area (Å²) in [4.78, 5) is 24.9. The van der Waals surface area contributed by atoms with Crippen molar-refractivity contribution in [2.45, 2.75) is 39.2 Å². The van der Waals surface area contributed by atoms with Crippen LogP contribution in [0.5, 0.6) is 0 Å². The van der Waals surface area contributed by atoms with Gasteiger partial charge in [-0.15, -0.1) is 0 Å². The van der Waals surface area contributed by atoms with E-state index < -0.39 is 0 Å². The number of carbonyl (C=O) groups is 1. The van der Waals surface area contributed by atoms with E-state index in [9.17, 15) is 9.59 Å². The van der Waals surface area contributed by atoms with Gasteiger partial charge >= 0.3 is 0 Å². The third-order valence-corrected chi connectivity index (χ3v) is 4.24. The van der Waals surface area contributed by atoms with Gasteiger partial charge in [0.05, 0.1) is 5.69 Å². The fourth-order valence-corrected chi connectivity index (χ4v) is 3.14. The van der Waals surface area contributed by atoms with Crippen LogP contribution in [0.15, 0.2) is 27.8 Å². The minimum absolute atomic E-state index is 0.0821. The van der Waals surface area contributed by atoms with E-state index in [0.29, 0.717) is 17.1 Å². The summed E-state index contributed by atoms with van der Waals surface area (Å²) >= 11 is 0. The van der Waals surface area contributed by atoms with Gasteiger partial charge in [-0.25, -0.2) is 4.52 Å². The fourth-order valence-electron chi connectivity index (χ4n) is 3.14. The average molecular weight is 327 g/mol. The molecule has 1 aliphatic rings. The van der Waals surface area contributed by atoms with Crippen molar-refractivity contribution in [1.82, 2.24) is 19.3 Å². The number of nitrogens with zero attached hydrogens (tertiary/aromatic N) is 4. The summed E-state index contributed by atoms with van der Waals surface area (Å²) in [6, 6.07) is 1.62. The van der Waals surface area contributed by atoms with Crippen molar-refractivity contribution in [2.75, 3.05) is 5.32 Å². The van der Waals surface area contributed by atoms with E-state index >= 15 is 0 Å². The zero-order valence-corrected chi connectivity index (χ0v) is 13.3. The second-order valence-corrected chi connectivity index (χ2v) is 6.03. The van der Waals surface area contributed by atoms with Crippen LogP contribution in [0.3, 0.4) is 0 Å². The third-order valence-electron chi connectivity index (χ3n) is 4.24. The molecule has 1 amide bonds. The Morgan fingerprint density at radius 1 is 1.33 bits per heavy atom. The zero-order chi connectivity index (χ0) is 16.7. The lowest BCUT2D eigenvalue weighted by atomic mass is 9.97. The van der Waals surface area contributed by atoms with Crippen LogP contribution in [0, 0.1) is 6.92 Å². The summed E-state index contributed by atoms with van der Waals surface area (Å²) in [6.07, 6.45) is 7.24. The van der Waals surface area contributed by atoms with Crippen molar-refractivity contribution < 1.29 is 9.32 Å². The summed E-state index contributed by atoms with van der Waals surface area (Å²) in [5, 5.41) is 10.8. The van der Waals surface area contributed by atoms with Crippen molar-refractivity contribution in [3.63, 3.8) is 0 Å². The van der Waals surface area contributed by atoms with Crippen LogP contribution in [0.4, 0.5) is 5.82 Å². The van der Waals surface area contributed by atoms with Gasteiger partial charge < -0.3 is 14.4 Å². The van der Waals surface area contributed by atoms with Crippen LogP contribution in [0.25, 0.3) is 5.52 Å². The van der Waals surface area contributed by atoms with Crippen LogP contribution < -0.4 is 10.9 Å². The number of fused-ring (bicyclic) bond motifs is 3. The van der Waals surface area contributed by atoms with E-state index in [1.54, 1.807) is 29.9 Å². The molecule has 0 atom stereocenters. The largest absolute Gasteiger partial charge is 0.360 e. The van der Waals surface area contributed by atoms with Crippen LogP contribution in [-0.2, 0) is 24.2 Å². The monoisotopic (exact) mass is 327 g/mol. The normalized spacial score (nSPS) is 13.9. The molecule has 0 saturated carbocycles. The van der Waals surface area contributed by atoms with Gasteiger partial charge in [-0.1, -0.05) is 5.16 Å². The predicted molar refractivity (Wildman–Crippen MR) is 86.0 cm³/mol. The first-order chi connectivity index (χ1) is 11.6. The summed E-state index contributed by atoms with van der Waals surface area (Å²) in [5.74, 6) is 0.617. The van der Waals surface area contributed by atoms with E-state index in [2.05, 4.69) is 15.6 Å². The highest BCUT2D eigenvalue weighted by atomic mass is 16.5. The van der Waals surface area contributed by atoms with E-state index in [4.69, 9.17) is 4.52 Å². The molecule has 1 aliphatic carbocycles. The molecule has 124 valence electrons. The number of aromatic nitrogens is 4. The number of carbonyl (C=O) groups excluding carboxylic acids is 1. The highest BCUT2D eigenvalue weighted by Gasteiger charge is 2.20. The molecule has 0 saturated heterocycles. The van der Waals surface area contributed by atoms with Crippen molar-refractivity contribution in [1.29, 1.82) is 0 Å². The number of aryl methyl sites for hydroxylation is 3. The van der Waals surface area contributed by atoms with Gasteiger partial charge in [-0.3, -0.25) is 9.59 Å². The van der Waals surface area contributed by atoms with Gasteiger partial charge in [0.2, 0.25) is 5.91 Å². The molecule has 3 aromatic heterocycles. The minimum Gasteiger partial charge on any atom is -0.360 e. The van der Waals surface area contributed by atoms with Crippen LogP contribution in [-0.4, -0.2) is 25.2 Å². The molecule has 8 heteroatoms. The molecule has 24 heavy (non-hydrogen) atoms. The van der Waals surface area contributed by atoms with E-state index in [0.717, 1.165) is 36.9 Å². The zero-order valence-electron chi connectivity index (χ0n) is 13.3. The molecule has 0 unspecified atom stereocenters. The molecule has 0 bridgehead atoms. The Bertz CT molecular complexity index is 981. The van der Waals surface area contributed by atoms with Gasteiger partial charge in [-0.05, 0) is 32.6 Å². The van der Waals surface area contributed by atoms with Gasteiger partial charge in [0.1, 0.15) is 17.8 Å². The van der Waals surface area contributed by atoms with Crippen LogP contribution in [0.1, 0.15) is 29.9 Å². The predicted octanol–water partition coefficient (Wildman–Crippen LogP) is 1.31. The lowest BCUT2D eigenvalue weighted by Gasteiger charge is -2.09. The number of hydrogen-bond acceptors (Lipinski definition) is 5. The number of amides is 1. The quantitative estimate of drug-likeness (QED) is 0.783. The van der Waals surface area contributed by atoms with E-state index in [1.165, 1.54) is 4.57 Å². The number of nitrogens with one attached hydrogen (secondary N) is 1. The molecule has 4 rings (SSSR count). The Kier molecular flexibility index (Phi) is 3.44. The SMILES string of the molecule is Cc1cc(NC(=O)Cn2ccn3nc4c(c3c2=O)CCCC4)no1. The molecule has 0 spiro atoms. The number of rotatable bonds is 3. The van der Waals surface area contributed by atoms with Crippen molar-refractivity contribution in [3.05, 3.63) is 45.8 Å². The maximum atomic E-state index is 12.7. The Morgan fingerprint density at radius 2 is 2.17 bits per heavy atom. The molecular weight excluding hydrogens is 310 g/mol. The van der Waals surface area contributed by atoms with E-state index in [-0.39, 0.29) is 18.0 Å². The highest BCUT2D eigenvalue weighted by molar-refractivity contribution is 5.89. The topological polar surface area (TPSA) is 94.4 Å². The molecule has 0 radical (unpaired) electrons. The van der Waals surface area contributed by atoms with Gasteiger partial charge in [0.25, 0.3) is 5.56 Å². The number of anilines is 1. The summed E-state index contributed by atoms with van der Waals surface area (Å²) in [5.41, 5.74) is 2.41. The lowest BCUT2D eigenvalue weighted by Crippen LogP contribution is -2.28. The molecule has 0 aromatic carbocycles. The Morgan fingerprint density at radius 3 is 2.96 bits per heavy atom. The average Bonchev–Trinajstić information content (AvgIpc) is 3.13. The highest BCUT2D eigenvalue weighted by Crippen LogP contribution is 2.22. The van der Waals surface area contributed by atoms with Crippen molar-refractivity contribution in [3.8, 4) is 0 Å². The fraction of sp³-hybridized carbons (Fsp3) is 0.375. The van der Waals surface area contributed by atoms with E-state index in [1.807, 2.05) is 0 Å². The number of hydrogen-bond donors (Lipinski definition) is 1. The summed E-state index contributed by atoms with van der Waals surface area (Å²) < 4.78 is 7.93.